The van der Waals surface area contributed by atoms with Gasteiger partial charge in [-0.25, -0.2) is 8.42 Å². The van der Waals surface area contributed by atoms with Gasteiger partial charge < -0.3 is 14.8 Å². The van der Waals surface area contributed by atoms with Gasteiger partial charge in [0.25, 0.3) is 0 Å². The molecule has 2 aromatic carbocycles. The highest BCUT2D eigenvalue weighted by molar-refractivity contribution is 7.92. The lowest BCUT2D eigenvalue weighted by Gasteiger charge is -2.21. The molecule has 1 fully saturated rings. The molecule has 3 heterocycles. The number of carbonyl (C=O) groups is 1. The number of methoxy groups -OCH3 is 1. The zero-order chi connectivity index (χ0) is 26.7. The van der Waals surface area contributed by atoms with E-state index < -0.39 is 9.84 Å². The quantitative estimate of drug-likeness (QED) is 0.328. The highest BCUT2D eigenvalue weighted by atomic mass is 32.2. The molecule has 0 aliphatic carbocycles. The molecule has 10 heteroatoms. The predicted molar refractivity (Wildman–Crippen MR) is 147 cm³/mol. The van der Waals surface area contributed by atoms with Gasteiger partial charge in [0, 0.05) is 18.0 Å². The van der Waals surface area contributed by atoms with E-state index in [9.17, 15) is 13.2 Å². The molecule has 0 bridgehead atoms. The molecule has 8 nitrogen and oxygen atoms in total. The fraction of sp³-hybridized carbons (Fsp3) is 0.357. The Morgan fingerprint density at radius 1 is 1.18 bits per heavy atom. The molecule has 1 aliphatic heterocycles. The first-order valence-corrected chi connectivity index (χ1v) is 15.1. The third-order valence-corrected chi connectivity index (χ3v) is 9.91. The number of amides is 1. The zero-order valence-electron chi connectivity index (χ0n) is 21.5. The van der Waals surface area contributed by atoms with E-state index in [0.29, 0.717) is 40.7 Å². The number of nitrogens with zero attached hydrogens (tertiary/aromatic N) is 2. The first-order valence-electron chi connectivity index (χ1n) is 12.6. The van der Waals surface area contributed by atoms with Gasteiger partial charge in [-0.3, -0.25) is 9.48 Å². The summed E-state index contributed by atoms with van der Waals surface area (Å²) in [6.45, 7) is 3.97. The summed E-state index contributed by atoms with van der Waals surface area (Å²) in [4.78, 5) is 13.5. The van der Waals surface area contributed by atoms with Crippen LogP contribution in [0, 0.1) is 12.8 Å². The smallest absolute Gasteiger partial charge is 0.225 e. The fourth-order valence-electron chi connectivity index (χ4n) is 4.79. The number of fused-ring (bicyclic) bond motifs is 1. The minimum absolute atomic E-state index is 0.0204. The van der Waals surface area contributed by atoms with Gasteiger partial charge >= 0.3 is 0 Å². The van der Waals surface area contributed by atoms with Gasteiger partial charge in [-0.1, -0.05) is 30.3 Å². The second-order valence-corrected chi connectivity index (χ2v) is 13.0. The van der Waals surface area contributed by atoms with E-state index in [-0.39, 0.29) is 17.6 Å². The van der Waals surface area contributed by atoms with E-state index in [1.807, 2.05) is 60.1 Å². The molecule has 0 spiro atoms. The van der Waals surface area contributed by atoms with Crippen LogP contribution in [0.2, 0.25) is 0 Å². The summed E-state index contributed by atoms with van der Waals surface area (Å²) in [6, 6.07) is 17.1. The summed E-state index contributed by atoms with van der Waals surface area (Å²) in [6.07, 6.45) is 1.76. The second kappa shape index (κ2) is 11.3. The summed E-state index contributed by atoms with van der Waals surface area (Å²) in [5.74, 6) is 0.301. The molecule has 5 rings (SSSR count). The molecule has 0 radical (unpaired) electrons. The molecular weight excluding hydrogens is 522 g/mol. The Hall–Kier alpha value is -3.21. The molecule has 200 valence electrons. The van der Waals surface area contributed by atoms with Gasteiger partial charge in [0.15, 0.2) is 9.84 Å². The van der Waals surface area contributed by atoms with Gasteiger partial charge in [-0.2, -0.15) is 5.10 Å². The average Bonchev–Trinajstić information content (AvgIpc) is 3.52. The van der Waals surface area contributed by atoms with E-state index in [4.69, 9.17) is 14.6 Å². The molecule has 1 amide bonds. The highest BCUT2D eigenvalue weighted by Gasteiger charge is 2.24. The normalized spacial score (nSPS) is 16.0. The van der Waals surface area contributed by atoms with Crippen LogP contribution in [0.4, 0.5) is 0 Å². The monoisotopic (exact) mass is 553 g/mol. The third kappa shape index (κ3) is 5.77. The lowest BCUT2D eigenvalue weighted by Crippen LogP contribution is -2.35. The Bertz CT molecular complexity index is 1550. The van der Waals surface area contributed by atoms with E-state index in [1.54, 1.807) is 13.2 Å². The fourth-order valence-corrected chi connectivity index (χ4v) is 7.44. The number of aryl methyl sites for hydroxylation is 1. The number of hydrogen-bond acceptors (Lipinski definition) is 7. The van der Waals surface area contributed by atoms with Crippen LogP contribution < -0.4 is 10.1 Å². The highest BCUT2D eigenvalue weighted by Crippen LogP contribution is 2.32. The molecule has 1 atom stereocenters. The van der Waals surface area contributed by atoms with Gasteiger partial charge in [-0.05, 0) is 55.2 Å². The number of carbonyl (C=O) groups excluding carboxylic acids is 1. The van der Waals surface area contributed by atoms with Crippen molar-refractivity contribution in [3.63, 3.8) is 0 Å². The van der Waals surface area contributed by atoms with Crippen LogP contribution in [-0.4, -0.2) is 44.4 Å². The number of ether oxygens (including phenoxy) is 2. The predicted octanol–water partition coefficient (Wildman–Crippen LogP) is 4.48. The Morgan fingerprint density at radius 3 is 2.74 bits per heavy atom. The van der Waals surface area contributed by atoms with Crippen molar-refractivity contribution in [3.8, 4) is 5.75 Å². The maximum Gasteiger partial charge on any atom is 0.225 e. The van der Waals surface area contributed by atoms with Crippen LogP contribution in [0.25, 0.3) is 10.9 Å². The Labute approximate surface area is 226 Å². The van der Waals surface area contributed by atoms with Crippen LogP contribution in [0.3, 0.4) is 0 Å². The van der Waals surface area contributed by atoms with Crippen molar-refractivity contribution in [1.82, 2.24) is 15.1 Å². The first-order chi connectivity index (χ1) is 18.3. The minimum atomic E-state index is -3.56. The summed E-state index contributed by atoms with van der Waals surface area (Å²) in [5.41, 5.74) is 3.24. The summed E-state index contributed by atoms with van der Waals surface area (Å²) >= 11 is 1.27. The lowest BCUT2D eigenvalue weighted by atomic mass is 10.0. The number of hydrogen-bond donors (Lipinski definition) is 1. The molecule has 38 heavy (non-hydrogen) atoms. The molecule has 2 aromatic heterocycles. The molecule has 0 unspecified atom stereocenters. The Kier molecular flexibility index (Phi) is 7.83. The largest absolute Gasteiger partial charge is 0.496 e. The van der Waals surface area contributed by atoms with E-state index in [1.165, 1.54) is 11.3 Å². The molecule has 1 saturated heterocycles. The summed E-state index contributed by atoms with van der Waals surface area (Å²) in [5, 5.41) is 8.48. The van der Waals surface area contributed by atoms with Crippen molar-refractivity contribution < 1.29 is 22.7 Å². The Balaban J connectivity index is 1.39. The number of aromatic nitrogens is 2. The SMILES string of the molecule is COc1cccc2c1c(CS(=O)(=O)c1ccc(C)s1)nn2Cc1cccc(CNC(=O)[C@@H]2CCCOC2)c1. The van der Waals surface area contributed by atoms with Crippen LogP contribution in [0.15, 0.2) is 58.8 Å². The van der Waals surface area contributed by atoms with Gasteiger partial charge in [0.1, 0.15) is 15.7 Å². The maximum absolute atomic E-state index is 13.2. The van der Waals surface area contributed by atoms with Crippen molar-refractivity contribution in [1.29, 1.82) is 0 Å². The van der Waals surface area contributed by atoms with Crippen molar-refractivity contribution in [2.24, 2.45) is 5.92 Å². The summed E-state index contributed by atoms with van der Waals surface area (Å²) < 4.78 is 39.6. The first kappa shape index (κ1) is 26.4. The number of benzene rings is 2. The number of rotatable bonds is 9. The molecular formula is C28H31N3O5S2. The summed E-state index contributed by atoms with van der Waals surface area (Å²) in [7, 11) is -1.99. The van der Waals surface area contributed by atoms with Crippen LogP contribution >= 0.6 is 11.3 Å². The standard InChI is InChI=1S/C28H31N3O5S2/c1-19-11-12-26(37-19)38(33,34)18-23-27-24(9-4-10-25(27)35-2)31(30-23)16-21-7-3-6-20(14-21)15-29-28(32)22-8-5-13-36-17-22/h3-4,6-7,9-12,14,22H,5,8,13,15-18H2,1-2H3,(H,29,32)/t22-/m1/s1. The minimum Gasteiger partial charge on any atom is -0.496 e. The van der Waals surface area contributed by atoms with Crippen molar-refractivity contribution in [3.05, 3.63) is 76.3 Å². The molecule has 0 saturated carbocycles. The van der Waals surface area contributed by atoms with E-state index in [0.717, 1.165) is 41.0 Å². The van der Waals surface area contributed by atoms with E-state index in [2.05, 4.69) is 5.32 Å². The number of thiophene rings is 1. The number of nitrogens with one attached hydrogen (secondary N) is 1. The van der Waals surface area contributed by atoms with Crippen molar-refractivity contribution in [2.45, 2.75) is 42.8 Å². The second-order valence-electron chi connectivity index (χ2n) is 9.53. The number of sulfone groups is 1. The Morgan fingerprint density at radius 2 is 2.00 bits per heavy atom. The molecule has 4 aromatic rings. The van der Waals surface area contributed by atoms with Crippen LogP contribution in [0.1, 0.15) is 34.5 Å². The lowest BCUT2D eigenvalue weighted by molar-refractivity contribution is -0.129. The zero-order valence-corrected chi connectivity index (χ0v) is 23.1. The topological polar surface area (TPSA) is 99.5 Å². The molecule has 1 aliphatic rings. The average molecular weight is 554 g/mol. The molecule has 1 N–H and O–H groups in total. The van der Waals surface area contributed by atoms with Crippen molar-refractivity contribution >= 4 is 38.0 Å². The maximum atomic E-state index is 13.2. The van der Waals surface area contributed by atoms with Crippen LogP contribution in [-0.2, 0) is 38.2 Å². The van der Waals surface area contributed by atoms with Gasteiger partial charge in [0.2, 0.25) is 5.91 Å². The van der Waals surface area contributed by atoms with Crippen LogP contribution in [0.5, 0.6) is 5.75 Å². The van der Waals surface area contributed by atoms with Gasteiger partial charge in [0.05, 0.1) is 42.8 Å². The van der Waals surface area contributed by atoms with Crippen molar-refractivity contribution in [2.75, 3.05) is 20.3 Å². The van der Waals surface area contributed by atoms with E-state index >= 15 is 0 Å². The van der Waals surface area contributed by atoms with Gasteiger partial charge in [-0.15, -0.1) is 11.3 Å². The third-order valence-electron chi connectivity index (χ3n) is 6.70.